The number of carbonyl (C=O) groups excluding carboxylic acids is 4. The van der Waals surface area contributed by atoms with Crippen LogP contribution < -0.4 is 4.90 Å². The van der Waals surface area contributed by atoms with Crippen molar-refractivity contribution in [2.75, 3.05) is 12.0 Å². The first-order valence-corrected chi connectivity index (χ1v) is 15.7. The lowest BCUT2D eigenvalue weighted by atomic mass is 9.65. The molecule has 2 aliphatic rings. The highest BCUT2D eigenvalue weighted by molar-refractivity contribution is 6.36. The predicted octanol–water partition coefficient (Wildman–Crippen LogP) is 6.20. The summed E-state index contributed by atoms with van der Waals surface area (Å²) in [5.41, 5.74) is 0.942. The Morgan fingerprint density at radius 1 is 0.792 bits per heavy atom. The standard InChI is InChI=1S/C39H36N2O7/c1-38(2,3)48-37(45)41-30-21-20-27(22-25-14-8-5-9-15-25)23-29(30)39(36(41)44)31(34(42)47-24-26-16-10-6-11-17-26)32(35(43)46-4)40-33(39)28-18-12-7-13-19-28/h5-21,23,31-32H,22,24H2,1-4H3. The molecule has 0 bridgehead atoms. The van der Waals surface area contributed by atoms with E-state index in [1.165, 1.54) is 7.11 Å². The maximum absolute atomic E-state index is 15.2. The van der Waals surface area contributed by atoms with Crippen LogP contribution in [0.1, 0.15) is 48.6 Å². The van der Waals surface area contributed by atoms with Crippen LogP contribution in [0.25, 0.3) is 0 Å². The number of fused-ring (bicyclic) bond motifs is 2. The number of hydrogen-bond acceptors (Lipinski definition) is 8. The van der Waals surface area contributed by atoms with Gasteiger partial charge in [-0.2, -0.15) is 0 Å². The number of esters is 2. The third-order valence-electron chi connectivity index (χ3n) is 8.49. The maximum Gasteiger partial charge on any atom is 0.421 e. The second kappa shape index (κ2) is 12.9. The van der Waals surface area contributed by atoms with Crippen molar-refractivity contribution in [2.45, 2.75) is 50.9 Å². The predicted molar refractivity (Wildman–Crippen MR) is 180 cm³/mol. The van der Waals surface area contributed by atoms with Crippen LogP contribution in [0.3, 0.4) is 0 Å². The zero-order chi connectivity index (χ0) is 34.1. The number of benzene rings is 4. The SMILES string of the molecule is COC(=O)C1N=C(c2ccccc2)C2(C(=O)N(C(=O)OC(C)(C)C)c3ccc(Cc4ccccc4)cc32)C1C(=O)OCc1ccccc1. The highest BCUT2D eigenvalue weighted by atomic mass is 16.6. The molecule has 9 nitrogen and oxygen atoms in total. The summed E-state index contributed by atoms with van der Waals surface area (Å²) in [5.74, 6) is -3.91. The fraction of sp³-hybridized carbons (Fsp3) is 0.256. The highest BCUT2D eigenvalue weighted by Gasteiger charge is 2.69. The minimum absolute atomic E-state index is 0.105. The second-order valence-electron chi connectivity index (χ2n) is 12.8. The van der Waals surface area contributed by atoms with Crippen LogP contribution >= 0.6 is 0 Å². The minimum Gasteiger partial charge on any atom is -0.467 e. The molecule has 0 saturated carbocycles. The molecule has 4 aromatic carbocycles. The lowest BCUT2D eigenvalue weighted by Gasteiger charge is -2.32. The van der Waals surface area contributed by atoms with Gasteiger partial charge in [-0.3, -0.25) is 14.6 Å². The molecule has 2 heterocycles. The highest BCUT2D eigenvalue weighted by Crippen LogP contribution is 2.54. The summed E-state index contributed by atoms with van der Waals surface area (Å²) in [7, 11) is 1.20. The lowest BCUT2D eigenvalue weighted by Crippen LogP contribution is -2.55. The third kappa shape index (κ3) is 5.88. The van der Waals surface area contributed by atoms with Gasteiger partial charge in [0, 0.05) is 0 Å². The smallest absolute Gasteiger partial charge is 0.421 e. The van der Waals surface area contributed by atoms with E-state index in [-0.39, 0.29) is 18.0 Å². The average Bonchev–Trinajstić information content (AvgIpc) is 3.57. The van der Waals surface area contributed by atoms with Gasteiger partial charge in [-0.25, -0.2) is 14.5 Å². The van der Waals surface area contributed by atoms with E-state index < -0.39 is 46.9 Å². The molecule has 4 aromatic rings. The summed E-state index contributed by atoms with van der Waals surface area (Å²) in [4.78, 5) is 62.8. The molecule has 244 valence electrons. The van der Waals surface area contributed by atoms with Gasteiger partial charge in [0.25, 0.3) is 5.91 Å². The van der Waals surface area contributed by atoms with Crippen LogP contribution in [-0.2, 0) is 47.0 Å². The molecule has 3 unspecified atom stereocenters. The zero-order valence-electron chi connectivity index (χ0n) is 27.2. The summed E-state index contributed by atoms with van der Waals surface area (Å²) >= 11 is 0. The summed E-state index contributed by atoms with van der Waals surface area (Å²) < 4.78 is 16.8. The largest absolute Gasteiger partial charge is 0.467 e. The molecule has 2 aliphatic heterocycles. The van der Waals surface area contributed by atoms with Gasteiger partial charge in [0.1, 0.15) is 23.5 Å². The molecule has 3 atom stereocenters. The van der Waals surface area contributed by atoms with Crippen molar-refractivity contribution in [1.29, 1.82) is 0 Å². The Balaban J connectivity index is 1.59. The number of methoxy groups -OCH3 is 1. The Hall–Kier alpha value is -5.57. The molecule has 48 heavy (non-hydrogen) atoms. The molecule has 6 rings (SSSR count). The molecular weight excluding hydrogens is 608 g/mol. The van der Waals surface area contributed by atoms with Crippen LogP contribution in [-0.4, -0.2) is 48.4 Å². The van der Waals surface area contributed by atoms with E-state index in [2.05, 4.69) is 0 Å². The first-order valence-electron chi connectivity index (χ1n) is 15.7. The van der Waals surface area contributed by atoms with Crippen LogP contribution in [0.2, 0.25) is 0 Å². The summed E-state index contributed by atoms with van der Waals surface area (Å²) in [6.45, 7) is 5.00. The van der Waals surface area contributed by atoms with Gasteiger partial charge in [0.15, 0.2) is 6.04 Å². The fourth-order valence-corrected chi connectivity index (χ4v) is 6.49. The molecule has 0 radical (unpaired) electrons. The topological polar surface area (TPSA) is 112 Å². The first-order chi connectivity index (χ1) is 23.0. The van der Waals surface area contributed by atoms with Gasteiger partial charge in [0.05, 0.1) is 18.5 Å². The first kappa shape index (κ1) is 32.4. The van der Waals surface area contributed by atoms with Crippen molar-refractivity contribution >= 4 is 35.3 Å². The van der Waals surface area contributed by atoms with Gasteiger partial charge in [-0.15, -0.1) is 0 Å². The number of rotatable bonds is 7. The molecule has 9 heteroatoms. The quantitative estimate of drug-likeness (QED) is 0.174. The van der Waals surface area contributed by atoms with Crippen molar-refractivity contribution < 1.29 is 33.4 Å². The van der Waals surface area contributed by atoms with E-state index in [1.54, 1.807) is 63.2 Å². The van der Waals surface area contributed by atoms with Crippen LogP contribution in [0.15, 0.2) is 114 Å². The number of carbonyl (C=O) groups is 4. The van der Waals surface area contributed by atoms with Crippen LogP contribution in [0.4, 0.5) is 10.5 Å². The van der Waals surface area contributed by atoms with Gasteiger partial charge in [-0.05, 0) is 61.1 Å². The van der Waals surface area contributed by atoms with Crippen LogP contribution in [0, 0.1) is 5.92 Å². The Bertz CT molecular complexity index is 1880. The van der Waals surface area contributed by atoms with E-state index in [0.29, 0.717) is 17.5 Å². The maximum atomic E-state index is 15.2. The summed E-state index contributed by atoms with van der Waals surface area (Å²) in [6.07, 6.45) is -0.404. The molecular formula is C39H36N2O7. The van der Waals surface area contributed by atoms with Gasteiger partial charge in [-0.1, -0.05) is 103 Å². The third-order valence-corrected chi connectivity index (χ3v) is 8.49. The van der Waals surface area contributed by atoms with Crippen molar-refractivity contribution in [2.24, 2.45) is 10.9 Å². The van der Waals surface area contributed by atoms with Gasteiger partial charge in [0.2, 0.25) is 0 Å². The number of imide groups is 1. The number of anilines is 1. The summed E-state index contributed by atoms with van der Waals surface area (Å²) in [5, 5.41) is 0. The van der Waals surface area contributed by atoms with E-state index in [1.807, 2.05) is 66.7 Å². The summed E-state index contributed by atoms with van der Waals surface area (Å²) in [6, 6.07) is 31.6. The Morgan fingerprint density at radius 3 is 2.00 bits per heavy atom. The Morgan fingerprint density at radius 2 is 1.40 bits per heavy atom. The molecule has 0 fully saturated rings. The van der Waals surface area contributed by atoms with E-state index in [4.69, 9.17) is 19.2 Å². The second-order valence-corrected chi connectivity index (χ2v) is 12.8. The Kier molecular flexibility index (Phi) is 8.71. The van der Waals surface area contributed by atoms with Gasteiger partial charge < -0.3 is 14.2 Å². The van der Waals surface area contributed by atoms with Crippen molar-refractivity contribution in [3.63, 3.8) is 0 Å². The fourth-order valence-electron chi connectivity index (χ4n) is 6.49. The number of nitrogens with zero attached hydrogens (tertiary/aromatic N) is 2. The lowest BCUT2D eigenvalue weighted by molar-refractivity contribution is -0.158. The normalized spacial score (nSPS) is 19.9. The molecule has 0 aliphatic carbocycles. The van der Waals surface area contributed by atoms with Crippen LogP contribution in [0.5, 0.6) is 0 Å². The molecule has 1 spiro atoms. The number of amides is 2. The average molecular weight is 645 g/mol. The van der Waals surface area contributed by atoms with E-state index in [0.717, 1.165) is 21.6 Å². The number of ether oxygens (including phenoxy) is 3. The van der Waals surface area contributed by atoms with E-state index >= 15 is 4.79 Å². The minimum atomic E-state index is -1.94. The Labute approximate surface area is 279 Å². The van der Waals surface area contributed by atoms with E-state index in [9.17, 15) is 14.4 Å². The zero-order valence-corrected chi connectivity index (χ0v) is 27.2. The van der Waals surface area contributed by atoms with Crippen molar-refractivity contribution in [1.82, 2.24) is 0 Å². The molecule has 0 N–H and O–H groups in total. The monoisotopic (exact) mass is 644 g/mol. The van der Waals surface area contributed by atoms with Crippen molar-refractivity contribution in [3.8, 4) is 0 Å². The van der Waals surface area contributed by atoms with Crippen molar-refractivity contribution in [3.05, 3.63) is 137 Å². The number of aliphatic imine (C=N–C) groups is 1. The molecule has 2 amide bonds. The molecule has 0 aromatic heterocycles. The number of hydrogen-bond donors (Lipinski definition) is 0. The molecule has 0 saturated heterocycles. The van der Waals surface area contributed by atoms with Gasteiger partial charge >= 0.3 is 18.0 Å².